The summed E-state index contributed by atoms with van der Waals surface area (Å²) in [5, 5.41) is 20.4. The number of rotatable bonds is 16. The van der Waals surface area contributed by atoms with Gasteiger partial charge in [0.1, 0.15) is 0 Å². The first kappa shape index (κ1) is 71.3. The van der Waals surface area contributed by atoms with E-state index in [-0.39, 0.29) is 73.2 Å². The van der Waals surface area contributed by atoms with Gasteiger partial charge in [-0.3, -0.25) is 52.9 Å². The van der Waals surface area contributed by atoms with Crippen LogP contribution in [0.5, 0.6) is 0 Å². The molecule has 93 heavy (non-hydrogen) atoms. The molecule has 2 amide bonds. The molecule has 5 aromatic carbocycles. The maximum absolute atomic E-state index is 12.5. The third-order valence-corrected chi connectivity index (χ3v) is 15.6. The average Bonchev–Trinajstić information content (AvgIpc) is 1.73. The van der Waals surface area contributed by atoms with Crippen molar-refractivity contribution >= 4 is 75.9 Å². The minimum absolute atomic E-state index is 0.000992. The predicted octanol–water partition coefficient (Wildman–Crippen LogP) is 7.99. The fraction of sp³-hybridized carbons (Fsp3) is 0.324. The van der Waals surface area contributed by atoms with E-state index in [0.717, 1.165) is 28.5 Å². The Hall–Kier alpha value is -10.8. The number of aromatic nitrogens is 4. The van der Waals surface area contributed by atoms with Crippen LogP contribution in [0.4, 0.5) is 17.1 Å². The van der Waals surface area contributed by atoms with Crippen LogP contribution in [0.25, 0.3) is 11.4 Å². The number of hydrazone groups is 3. The van der Waals surface area contributed by atoms with Crippen molar-refractivity contribution in [2.45, 2.75) is 79.9 Å². The highest BCUT2D eigenvalue weighted by atomic mass is 16.5. The Morgan fingerprint density at radius 3 is 1.42 bits per heavy atom. The van der Waals surface area contributed by atoms with E-state index in [2.05, 4.69) is 39.4 Å². The van der Waals surface area contributed by atoms with Crippen LogP contribution in [0.15, 0.2) is 177 Å². The zero-order chi connectivity index (χ0) is 68.1. The molecule has 2 aromatic heterocycles. The molecule has 3 aliphatic heterocycles. The second-order valence-corrected chi connectivity index (χ2v) is 21.5. The van der Waals surface area contributed by atoms with Crippen molar-refractivity contribution in [2.75, 3.05) is 57.7 Å². The molecule has 7 aromatic rings. The van der Waals surface area contributed by atoms with E-state index < -0.39 is 35.2 Å². The Labute approximate surface area is 538 Å². The first-order chi connectivity index (χ1) is 44.5. The van der Waals surface area contributed by atoms with Gasteiger partial charge in [-0.15, -0.1) is 0 Å². The number of aromatic amines is 1. The van der Waals surface area contributed by atoms with E-state index >= 15 is 0 Å². The topological polar surface area (TPSA) is 286 Å². The summed E-state index contributed by atoms with van der Waals surface area (Å²) in [7, 11) is 10.1. The number of carbonyl (C=O) groups excluding carboxylic acids is 7. The summed E-state index contributed by atoms with van der Waals surface area (Å²) in [4.78, 5) is 106. The number of hydrogen-bond donors (Lipinski definition) is 1. The van der Waals surface area contributed by atoms with Crippen molar-refractivity contribution in [1.82, 2.24) is 19.1 Å². The number of hydrogen-bond acceptors (Lipinski definition) is 19. The molecule has 0 radical (unpaired) electrons. The predicted molar refractivity (Wildman–Crippen MR) is 350 cm³/mol. The van der Waals surface area contributed by atoms with Crippen LogP contribution in [-0.2, 0) is 81.9 Å². The van der Waals surface area contributed by atoms with Crippen molar-refractivity contribution in [3.8, 4) is 11.4 Å². The SMILES string of the molecule is COC(=O)CC1(C)C(=O)N(c2ccccc2)N=C1C.COC(=O)CC1C(=O)N(c2ccccc2)N=C1C.COC(=O)CC1C(C)=NN(c2ccccc2)C1OC.COC(=O)Cc1c(C)[nH]n(-c2ccccc2)c1=O.COC(=O)Cc1c(C)n(C)n(-c2ccccc2)c1=O. The molecular formula is C68H78N10O15. The molecule has 0 saturated carbocycles. The van der Waals surface area contributed by atoms with Gasteiger partial charge in [0.15, 0.2) is 6.23 Å². The molecule has 0 spiro atoms. The van der Waals surface area contributed by atoms with Crippen LogP contribution in [0.3, 0.4) is 0 Å². The molecular weight excluding hydrogens is 1200 g/mol. The van der Waals surface area contributed by atoms with Crippen LogP contribution in [0.1, 0.15) is 69.5 Å². The first-order valence-electron chi connectivity index (χ1n) is 29.3. The molecule has 0 fully saturated rings. The number of aryl methyl sites for hydroxylation is 1. The maximum Gasteiger partial charge on any atom is 0.310 e. The summed E-state index contributed by atoms with van der Waals surface area (Å²) in [6, 6.07) is 46.6. The number of nitrogens with one attached hydrogen (secondary N) is 1. The fourth-order valence-corrected chi connectivity index (χ4v) is 9.89. The van der Waals surface area contributed by atoms with Gasteiger partial charge in [0.25, 0.3) is 22.9 Å². The minimum atomic E-state index is -0.928. The third kappa shape index (κ3) is 17.6. The number of benzene rings is 5. The summed E-state index contributed by atoms with van der Waals surface area (Å²) in [6.07, 6.45) is 0.0103. The maximum atomic E-state index is 12.5. The van der Waals surface area contributed by atoms with E-state index in [1.165, 1.54) is 50.2 Å². The average molecular weight is 1280 g/mol. The number of esters is 5. The van der Waals surface area contributed by atoms with Crippen LogP contribution in [-0.4, -0.2) is 127 Å². The number of anilines is 3. The van der Waals surface area contributed by atoms with Gasteiger partial charge in [-0.25, -0.2) is 19.4 Å². The summed E-state index contributed by atoms with van der Waals surface area (Å²) >= 11 is 0. The first-order valence-corrected chi connectivity index (χ1v) is 29.3. The zero-order valence-corrected chi connectivity index (χ0v) is 54.3. The Bertz CT molecular complexity index is 3960. The lowest BCUT2D eigenvalue weighted by molar-refractivity contribution is -0.144. The number of H-pyrrole nitrogens is 1. The molecule has 4 atom stereocenters. The van der Waals surface area contributed by atoms with Gasteiger partial charge in [-0.2, -0.15) is 20.3 Å². The van der Waals surface area contributed by atoms with Gasteiger partial charge in [0, 0.05) is 37.0 Å². The highest BCUT2D eigenvalue weighted by molar-refractivity contribution is 6.19. The minimum Gasteiger partial charge on any atom is -0.469 e. The van der Waals surface area contributed by atoms with Crippen LogP contribution >= 0.6 is 0 Å². The molecule has 0 saturated heterocycles. The highest BCUT2D eigenvalue weighted by Gasteiger charge is 2.47. The van der Waals surface area contributed by atoms with E-state index in [0.29, 0.717) is 39.6 Å². The molecule has 490 valence electrons. The summed E-state index contributed by atoms with van der Waals surface area (Å²) < 4.78 is 33.4. The number of amides is 2. The lowest BCUT2D eigenvalue weighted by Gasteiger charge is -2.26. The number of methoxy groups -OCH3 is 6. The third-order valence-electron chi connectivity index (χ3n) is 15.6. The number of ether oxygens (including phenoxy) is 6. The number of para-hydroxylation sites is 5. The molecule has 0 bridgehead atoms. The Morgan fingerprint density at radius 2 is 0.935 bits per heavy atom. The van der Waals surface area contributed by atoms with E-state index in [1.54, 1.807) is 75.5 Å². The molecule has 1 N–H and O–H groups in total. The van der Waals surface area contributed by atoms with E-state index in [1.807, 2.05) is 146 Å². The van der Waals surface area contributed by atoms with Crippen molar-refractivity contribution < 1.29 is 62.0 Å². The second kappa shape index (κ2) is 33.3. The fourth-order valence-electron chi connectivity index (χ4n) is 9.89. The molecule has 4 unspecified atom stereocenters. The van der Waals surface area contributed by atoms with E-state index in [4.69, 9.17) is 9.47 Å². The van der Waals surface area contributed by atoms with Gasteiger partial charge in [0.05, 0.1) is 130 Å². The van der Waals surface area contributed by atoms with Gasteiger partial charge in [0.2, 0.25) is 0 Å². The van der Waals surface area contributed by atoms with Crippen molar-refractivity contribution in [1.29, 1.82) is 0 Å². The summed E-state index contributed by atoms with van der Waals surface area (Å²) in [5.74, 6) is -2.91. The molecule has 25 nitrogen and oxygen atoms in total. The zero-order valence-electron chi connectivity index (χ0n) is 54.3. The Balaban J connectivity index is 0.000000184. The lowest BCUT2D eigenvalue weighted by Crippen LogP contribution is -2.38. The largest absolute Gasteiger partial charge is 0.469 e. The molecule has 25 heteroatoms. The van der Waals surface area contributed by atoms with Crippen LogP contribution in [0, 0.1) is 31.1 Å². The Morgan fingerprint density at radius 1 is 0.495 bits per heavy atom. The van der Waals surface area contributed by atoms with Crippen LogP contribution < -0.4 is 26.1 Å². The van der Waals surface area contributed by atoms with Crippen molar-refractivity contribution in [3.63, 3.8) is 0 Å². The normalized spacial score (nSPS) is 16.9. The number of carbonyl (C=O) groups is 7. The van der Waals surface area contributed by atoms with Gasteiger partial charge >= 0.3 is 29.8 Å². The summed E-state index contributed by atoms with van der Waals surface area (Å²) in [5.41, 5.74) is 7.00. The molecule has 0 aliphatic carbocycles. The smallest absolute Gasteiger partial charge is 0.310 e. The van der Waals surface area contributed by atoms with E-state index in [9.17, 15) is 43.2 Å². The molecule has 10 rings (SSSR count). The van der Waals surface area contributed by atoms with Crippen molar-refractivity contribution in [3.05, 3.63) is 195 Å². The van der Waals surface area contributed by atoms with Crippen molar-refractivity contribution in [2.24, 2.45) is 39.6 Å². The standard InChI is InChI=1S/C14H16N2O3.C14H18N2O3.C14H16N2O3.2C13H14N2O3/c1-10-14(2,9-12(17)19-3)13(18)16(15-10)11-7-5-4-6-8-11;1-10-12(9-13(17)18-2)14(19-3)16(15-10)11-7-5-4-6-8-11;1-10-12(9-13(17)19-3)14(18)16(15(10)2)11-7-5-4-6-8-11;2*1-9-11(8-12(16)18-2)13(17)15(14-9)10-6-4-3-5-7-10/h4-8H,9H2,1-3H3;4-8,12,14H,9H2,1-3H3;4-8H,9H2,1-3H3;3-7,14H,8H2,1-2H3;3-7,11H,8H2,1-2H3. The van der Waals surface area contributed by atoms with Gasteiger partial charge in [-0.1, -0.05) is 91.0 Å². The molecule has 5 heterocycles. The Kier molecular flexibility index (Phi) is 25.5. The van der Waals surface area contributed by atoms with Gasteiger partial charge < -0.3 is 28.4 Å². The molecule has 3 aliphatic rings. The van der Waals surface area contributed by atoms with Gasteiger partial charge in [-0.05, 0) is 102 Å². The summed E-state index contributed by atoms with van der Waals surface area (Å²) in [6.45, 7) is 10.7. The lowest BCUT2D eigenvalue weighted by atomic mass is 9.82. The number of nitrogens with zero attached hydrogens (tertiary/aromatic N) is 9. The monoisotopic (exact) mass is 1270 g/mol. The highest BCUT2D eigenvalue weighted by Crippen LogP contribution is 2.36. The van der Waals surface area contributed by atoms with Crippen LogP contribution in [0.2, 0.25) is 0 Å². The second-order valence-electron chi connectivity index (χ2n) is 21.5. The quantitative estimate of drug-likeness (QED) is 0.0708.